The van der Waals surface area contributed by atoms with Gasteiger partial charge in [-0.15, -0.1) is 0 Å². The molecule has 32 heavy (non-hydrogen) atoms. The fourth-order valence-electron chi connectivity index (χ4n) is 3.67. The molecule has 1 amide bonds. The highest BCUT2D eigenvalue weighted by molar-refractivity contribution is 7.90. The molecular formula is C22H27N5O4S. The molecule has 1 saturated heterocycles. The highest BCUT2D eigenvalue weighted by atomic mass is 32.2. The zero-order valence-corrected chi connectivity index (χ0v) is 18.9. The first-order chi connectivity index (χ1) is 15.3. The molecule has 1 fully saturated rings. The minimum Gasteiger partial charge on any atom is -0.378 e. The van der Waals surface area contributed by atoms with Gasteiger partial charge in [-0.2, -0.15) is 0 Å². The summed E-state index contributed by atoms with van der Waals surface area (Å²) in [5.74, 6) is 0.697. The normalized spacial score (nSPS) is 19.5. The second-order valence-electron chi connectivity index (χ2n) is 8.11. The SMILES string of the molecule is CC(C)[C@@H](N=C1NS(=O)(=O)c2ccccc21)C(=O)NCc1ccc(N2CCOCC2)nc1. The number of nitrogens with one attached hydrogen (secondary N) is 2. The topological polar surface area (TPSA) is 113 Å². The van der Waals surface area contributed by atoms with E-state index in [2.05, 4.69) is 24.9 Å². The van der Waals surface area contributed by atoms with Gasteiger partial charge in [0.1, 0.15) is 17.7 Å². The molecule has 0 radical (unpaired) electrons. The Hall–Kier alpha value is -2.98. The number of aliphatic imine (C=N–C) groups is 1. The summed E-state index contributed by atoms with van der Waals surface area (Å²) < 4.78 is 32.5. The number of benzene rings is 1. The molecule has 1 aromatic carbocycles. The Kier molecular flexibility index (Phi) is 6.43. The smallest absolute Gasteiger partial charge is 0.263 e. The van der Waals surface area contributed by atoms with Crippen LogP contribution < -0.4 is 14.9 Å². The van der Waals surface area contributed by atoms with Crippen molar-refractivity contribution in [3.05, 3.63) is 53.7 Å². The number of anilines is 1. The van der Waals surface area contributed by atoms with Gasteiger partial charge in [-0.3, -0.25) is 14.5 Å². The van der Waals surface area contributed by atoms with Gasteiger partial charge in [-0.1, -0.05) is 32.0 Å². The van der Waals surface area contributed by atoms with Gasteiger partial charge >= 0.3 is 0 Å². The van der Waals surface area contributed by atoms with Crippen LogP contribution in [-0.4, -0.2) is 57.5 Å². The summed E-state index contributed by atoms with van der Waals surface area (Å²) in [6.07, 6.45) is 1.75. The van der Waals surface area contributed by atoms with Crippen LogP contribution in [-0.2, 0) is 26.1 Å². The summed E-state index contributed by atoms with van der Waals surface area (Å²) in [5.41, 5.74) is 1.35. The fourth-order valence-corrected chi connectivity index (χ4v) is 4.91. The minimum atomic E-state index is -3.65. The number of pyridine rings is 1. The van der Waals surface area contributed by atoms with Gasteiger partial charge < -0.3 is 15.0 Å². The Morgan fingerprint density at radius 1 is 1.22 bits per heavy atom. The van der Waals surface area contributed by atoms with Crippen LogP contribution in [0.2, 0.25) is 0 Å². The fraction of sp³-hybridized carbons (Fsp3) is 0.409. The summed E-state index contributed by atoms with van der Waals surface area (Å²) in [5, 5.41) is 2.90. The first kappa shape index (κ1) is 22.2. The van der Waals surface area contributed by atoms with Crippen LogP contribution in [0.15, 0.2) is 52.5 Å². The predicted molar refractivity (Wildman–Crippen MR) is 121 cm³/mol. The lowest BCUT2D eigenvalue weighted by Crippen LogP contribution is -2.38. The number of hydrogen-bond donors (Lipinski definition) is 2. The molecule has 2 N–H and O–H groups in total. The summed E-state index contributed by atoms with van der Waals surface area (Å²) in [4.78, 5) is 24.2. The maximum Gasteiger partial charge on any atom is 0.263 e. The van der Waals surface area contributed by atoms with Gasteiger partial charge in [-0.25, -0.2) is 13.4 Å². The van der Waals surface area contributed by atoms with E-state index in [4.69, 9.17) is 4.74 Å². The van der Waals surface area contributed by atoms with Crippen LogP contribution in [0, 0.1) is 5.92 Å². The predicted octanol–water partition coefficient (Wildman–Crippen LogP) is 1.30. The van der Waals surface area contributed by atoms with E-state index in [0.29, 0.717) is 25.3 Å². The number of carbonyl (C=O) groups excluding carboxylic acids is 1. The van der Waals surface area contributed by atoms with E-state index < -0.39 is 16.1 Å². The van der Waals surface area contributed by atoms with Crippen molar-refractivity contribution in [3.63, 3.8) is 0 Å². The third kappa shape index (κ3) is 4.76. The Labute approximate surface area is 188 Å². The van der Waals surface area contributed by atoms with Crippen LogP contribution >= 0.6 is 0 Å². The number of rotatable bonds is 6. The number of fused-ring (bicyclic) bond motifs is 1. The molecule has 2 aromatic rings. The van der Waals surface area contributed by atoms with Crippen LogP contribution in [0.3, 0.4) is 0 Å². The molecular weight excluding hydrogens is 430 g/mol. The number of amides is 1. The van der Waals surface area contributed by atoms with E-state index in [1.165, 1.54) is 6.07 Å². The first-order valence-electron chi connectivity index (χ1n) is 10.6. The number of nitrogens with zero attached hydrogens (tertiary/aromatic N) is 3. The third-order valence-electron chi connectivity index (χ3n) is 5.44. The lowest BCUT2D eigenvalue weighted by molar-refractivity contribution is -0.123. The molecule has 0 unspecified atom stereocenters. The van der Waals surface area contributed by atoms with Crippen molar-refractivity contribution in [1.29, 1.82) is 0 Å². The van der Waals surface area contributed by atoms with Crippen molar-refractivity contribution >= 4 is 27.6 Å². The molecule has 3 heterocycles. The Morgan fingerprint density at radius 3 is 2.66 bits per heavy atom. The number of morpholine rings is 1. The lowest BCUT2D eigenvalue weighted by Gasteiger charge is -2.27. The molecule has 4 rings (SSSR count). The van der Waals surface area contributed by atoms with Crippen LogP contribution in [0.5, 0.6) is 0 Å². The maximum atomic E-state index is 12.9. The van der Waals surface area contributed by atoms with Gasteiger partial charge in [0, 0.05) is 31.4 Å². The van der Waals surface area contributed by atoms with Gasteiger partial charge in [0.15, 0.2) is 0 Å². The van der Waals surface area contributed by atoms with Crippen molar-refractivity contribution in [2.75, 3.05) is 31.2 Å². The molecule has 10 heteroatoms. The van der Waals surface area contributed by atoms with Gasteiger partial charge in [-0.05, 0) is 29.7 Å². The van der Waals surface area contributed by atoms with Gasteiger partial charge in [0.05, 0.1) is 18.1 Å². The summed E-state index contributed by atoms with van der Waals surface area (Å²) in [6, 6.07) is 9.76. The second kappa shape index (κ2) is 9.25. The van der Waals surface area contributed by atoms with E-state index in [1.807, 2.05) is 26.0 Å². The number of sulfonamides is 1. The van der Waals surface area contributed by atoms with Crippen molar-refractivity contribution in [1.82, 2.24) is 15.0 Å². The van der Waals surface area contributed by atoms with E-state index in [1.54, 1.807) is 24.4 Å². The molecule has 0 aliphatic carbocycles. The van der Waals surface area contributed by atoms with E-state index in [9.17, 15) is 13.2 Å². The summed E-state index contributed by atoms with van der Waals surface area (Å²) in [6.45, 7) is 7.08. The average molecular weight is 458 g/mol. The van der Waals surface area contributed by atoms with Gasteiger partial charge in [0.2, 0.25) is 5.91 Å². The van der Waals surface area contributed by atoms with Crippen LogP contribution in [0.4, 0.5) is 5.82 Å². The molecule has 2 aliphatic rings. The molecule has 0 bridgehead atoms. The van der Waals surface area contributed by atoms with E-state index >= 15 is 0 Å². The summed E-state index contributed by atoms with van der Waals surface area (Å²) >= 11 is 0. The van der Waals surface area contributed by atoms with Crippen LogP contribution in [0.25, 0.3) is 0 Å². The van der Waals surface area contributed by atoms with Crippen molar-refractivity contribution in [2.45, 2.75) is 31.3 Å². The monoisotopic (exact) mass is 457 g/mol. The second-order valence-corrected chi connectivity index (χ2v) is 9.76. The van der Waals surface area contributed by atoms with Crippen molar-refractivity contribution in [3.8, 4) is 0 Å². The molecule has 170 valence electrons. The largest absolute Gasteiger partial charge is 0.378 e. The molecule has 1 aromatic heterocycles. The third-order valence-corrected chi connectivity index (χ3v) is 6.84. The average Bonchev–Trinajstić information content (AvgIpc) is 3.06. The highest BCUT2D eigenvalue weighted by Crippen LogP contribution is 2.23. The molecule has 1 atom stereocenters. The summed E-state index contributed by atoms with van der Waals surface area (Å²) in [7, 11) is -3.65. The lowest BCUT2D eigenvalue weighted by atomic mass is 10.0. The molecule has 9 nitrogen and oxygen atoms in total. The quantitative estimate of drug-likeness (QED) is 0.676. The first-order valence-corrected chi connectivity index (χ1v) is 12.1. The zero-order chi connectivity index (χ0) is 22.7. The number of aromatic nitrogens is 1. The van der Waals surface area contributed by atoms with Crippen LogP contribution in [0.1, 0.15) is 25.0 Å². The molecule has 2 aliphatic heterocycles. The van der Waals surface area contributed by atoms with Gasteiger partial charge in [0.25, 0.3) is 10.0 Å². The van der Waals surface area contributed by atoms with E-state index in [-0.39, 0.29) is 22.6 Å². The molecule has 0 saturated carbocycles. The van der Waals surface area contributed by atoms with Crippen molar-refractivity contribution in [2.24, 2.45) is 10.9 Å². The maximum absolute atomic E-state index is 12.9. The Balaban J connectivity index is 1.44. The zero-order valence-electron chi connectivity index (χ0n) is 18.1. The standard InChI is InChI=1S/C22H27N5O4S/c1-15(2)20(25-21-17-5-3-4-6-18(17)32(29,30)26-21)22(28)24-14-16-7-8-19(23-13-16)27-9-11-31-12-10-27/h3-8,13,15,20H,9-12,14H2,1-2H3,(H,24,28)(H,25,26)/t20-/m1/s1. The van der Waals surface area contributed by atoms with Crippen molar-refractivity contribution < 1.29 is 17.9 Å². The number of amidine groups is 1. The van der Waals surface area contributed by atoms with E-state index in [0.717, 1.165) is 24.5 Å². The minimum absolute atomic E-state index is 0.124. The highest BCUT2D eigenvalue weighted by Gasteiger charge is 2.32. The number of hydrogen-bond acceptors (Lipinski definition) is 7. The number of ether oxygens (including phenoxy) is 1. The Bertz CT molecular complexity index is 1110. The molecule has 0 spiro atoms. The Morgan fingerprint density at radius 2 is 1.97 bits per heavy atom. The number of carbonyl (C=O) groups is 1.